The molecule has 1 N–H and O–H groups in total. The van der Waals surface area contributed by atoms with Gasteiger partial charge >= 0.3 is 0 Å². The number of sulfonamides is 1. The lowest BCUT2D eigenvalue weighted by Crippen LogP contribution is -2.41. The van der Waals surface area contributed by atoms with E-state index in [9.17, 15) is 8.42 Å². The van der Waals surface area contributed by atoms with Crippen LogP contribution in [0.4, 0.5) is 5.69 Å². The third-order valence-electron chi connectivity index (χ3n) is 3.73. The van der Waals surface area contributed by atoms with Crippen LogP contribution in [-0.4, -0.2) is 30.1 Å². The molecule has 8 heteroatoms. The summed E-state index contributed by atoms with van der Waals surface area (Å²) < 4.78 is 27.4. The van der Waals surface area contributed by atoms with Crippen molar-refractivity contribution in [2.45, 2.75) is 70.1 Å². The molecule has 0 unspecified atom stereocenters. The van der Waals surface area contributed by atoms with Crippen LogP contribution in [0, 0.1) is 0 Å². The first kappa shape index (κ1) is 18.1. The average Bonchev–Trinajstić information content (AvgIpc) is 2.56. The van der Waals surface area contributed by atoms with Crippen LogP contribution >= 0.6 is 0 Å². The maximum absolute atomic E-state index is 12.4. The molecule has 0 atom stereocenters. The molecule has 1 saturated heterocycles. The molecule has 1 aromatic rings. The number of anilines is 1. The summed E-state index contributed by atoms with van der Waals surface area (Å²) in [4.78, 5) is 15.6. The van der Waals surface area contributed by atoms with Gasteiger partial charge in [-0.05, 0) is 54.5 Å². The first-order chi connectivity index (χ1) is 10.2. The lowest BCUT2D eigenvalue weighted by Gasteiger charge is -2.26. The molecule has 130 valence electrons. The first-order valence-corrected chi connectivity index (χ1v) is 8.89. The third-order valence-corrected chi connectivity index (χ3v) is 5.46. The van der Waals surface area contributed by atoms with Gasteiger partial charge in [-0.2, -0.15) is 0 Å². The van der Waals surface area contributed by atoms with E-state index in [4.69, 9.17) is 9.68 Å². The molecule has 1 aromatic heterocycles. The van der Waals surface area contributed by atoms with E-state index < -0.39 is 26.8 Å². The van der Waals surface area contributed by atoms with E-state index >= 15 is 0 Å². The number of hydrogen-bond acceptors (Lipinski definition) is 6. The molecule has 1 fully saturated rings. The highest BCUT2D eigenvalue weighted by Crippen LogP contribution is 2.39. The van der Waals surface area contributed by atoms with Gasteiger partial charge in [0.2, 0.25) is 10.0 Å². The third kappa shape index (κ3) is 3.82. The van der Waals surface area contributed by atoms with Crippen molar-refractivity contribution in [1.29, 1.82) is 0 Å². The second-order valence-corrected chi connectivity index (χ2v) is 9.38. The minimum absolute atomic E-state index is 0.0552. The largest absolute Gasteiger partial charge is 0.261 e. The van der Waals surface area contributed by atoms with E-state index in [0.717, 1.165) is 0 Å². The molecule has 2 heterocycles. The molecule has 0 bridgehead atoms. The van der Waals surface area contributed by atoms with Gasteiger partial charge < -0.3 is 0 Å². The fourth-order valence-electron chi connectivity index (χ4n) is 1.87. The van der Waals surface area contributed by atoms with Crippen LogP contribution in [-0.2, 0) is 19.7 Å². The fraction of sp³-hybridized carbons (Fsp3) is 0.667. The monoisotopic (exact) mass is 343 g/mol. The van der Waals surface area contributed by atoms with Crippen LogP contribution in [0.25, 0.3) is 0 Å². The Morgan fingerprint density at radius 1 is 1.09 bits per heavy atom. The van der Waals surface area contributed by atoms with E-state index in [2.05, 4.69) is 9.71 Å². The van der Waals surface area contributed by atoms with Gasteiger partial charge in [0.05, 0.1) is 6.20 Å². The summed E-state index contributed by atoms with van der Waals surface area (Å²) in [5, 5.41) is 1.23. The molecule has 2 rings (SSSR count). The normalized spacial score (nSPS) is 20.7. The molecular formula is C15H25N3O4S. The van der Waals surface area contributed by atoms with Crippen LogP contribution < -0.4 is 9.95 Å². The second-order valence-electron chi connectivity index (χ2n) is 7.69. The average molecular weight is 343 g/mol. The predicted octanol–water partition coefficient (Wildman–Crippen LogP) is 2.40. The second kappa shape index (κ2) is 5.41. The Balaban J connectivity index is 2.32. The fourth-order valence-corrected chi connectivity index (χ4v) is 3.27. The van der Waals surface area contributed by atoms with Gasteiger partial charge in [0.1, 0.15) is 21.8 Å². The minimum Gasteiger partial charge on any atom is -0.261 e. The Labute approximate surface area is 138 Å². The van der Waals surface area contributed by atoms with E-state index in [0.29, 0.717) is 5.69 Å². The lowest BCUT2D eigenvalue weighted by molar-refractivity contribution is -0.0275. The van der Waals surface area contributed by atoms with Crippen LogP contribution in [0.15, 0.2) is 23.4 Å². The van der Waals surface area contributed by atoms with Crippen molar-refractivity contribution < 1.29 is 18.1 Å². The number of hydrogen-bond donors (Lipinski definition) is 1. The molecule has 0 aromatic carbocycles. The Morgan fingerprint density at radius 3 is 2.09 bits per heavy atom. The van der Waals surface area contributed by atoms with E-state index in [1.54, 1.807) is 20.8 Å². The number of rotatable bonds is 3. The van der Waals surface area contributed by atoms with Crippen molar-refractivity contribution in [2.24, 2.45) is 0 Å². The summed E-state index contributed by atoms with van der Waals surface area (Å²) in [7, 11) is -3.68. The molecule has 0 spiro atoms. The number of nitrogens with one attached hydrogen (secondary N) is 1. The molecule has 23 heavy (non-hydrogen) atoms. The molecule has 1 aliphatic heterocycles. The highest BCUT2D eigenvalue weighted by molar-refractivity contribution is 7.89. The summed E-state index contributed by atoms with van der Waals surface area (Å²) in [6, 6.07) is 1.47. The van der Waals surface area contributed by atoms with Crippen molar-refractivity contribution in [3.05, 3.63) is 18.5 Å². The molecule has 0 aliphatic carbocycles. The summed E-state index contributed by atoms with van der Waals surface area (Å²) >= 11 is 0. The maximum atomic E-state index is 12.4. The summed E-state index contributed by atoms with van der Waals surface area (Å²) in [5.74, 6) is 0. The van der Waals surface area contributed by atoms with Crippen LogP contribution in [0.5, 0.6) is 0 Å². The Morgan fingerprint density at radius 2 is 1.61 bits per heavy atom. The SMILES string of the molecule is CC(C)(C)NS(=O)(=O)c1cncc(N2OC(C)(C)C(C)(C)O2)c1. The standard InChI is InChI=1S/C15H25N3O4S/c1-13(2,3)17-23(19,20)12-8-11(9-16-10-12)18-21-14(4,5)15(6,7)22-18/h8-10,17H,1-7H3. The van der Waals surface area contributed by atoms with Gasteiger partial charge in [-0.15, -0.1) is 5.23 Å². The Kier molecular flexibility index (Phi) is 4.26. The molecule has 0 amide bonds. The van der Waals surface area contributed by atoms with Gasteiger partial charge in [-0.25, -0.2) is 22.8 Å². The minimum atomic E-state index is -3.68. The molecule has 1 aliphatic rings. The molecule has 7 nitrogen and oxygen atoms in total. The van der Waals surface area contributed by atoms with Gasteiger partial charge in [-0.1, -0.05) is 0 Å². The van der Waals surface area contributed by atoms with Gasteiger partial charge in [0.15, 0.2) is 0 Å². The maximum Gasteiger partial charge on any atom is 0.242 e. The van der Waals surface area contributed by atoms with Crippen molar-refractivity contribution in [3.63, 3.8) is 0 Å². The van der Waals surface area contributed by atoms with Gasteiger partial charge in [0, 0.05) is 11.7 Å². The predicted molar refractivity (Wildman–Crippen MR) is 87.1 cm³/mol. The molecular weight excluding hydrogens is 318 g/mol. The zero-order valence-corrected chi connectivity index (χ0v) is 15.5. The van der Waals surface area contributed by atoms with Crippen LogP contribution in [0.3, 0.4) is 0 Å². The van der Waals surface area contributed by atoms with E-state index in [-0.39, 0.29) is 4.90 Å². The quantitative estimate of drug-likeness (QED) is 0.908. The molecule has 0 radical (unpaired) electrons. The zero-order valence-electron chi connectivity index (χ0n) is 14.7. The Hall–Kier alpha value is -1.22. The first-order valence-electron chi connectivity index (χ1n) is 7.41. The van der Waals surface area contributed by atoms with Crippen molar-refractivity contribution >= 4 is 15.7 Å². The topological polar surface area (TPSA) is 80.8 Å². The van der Waals surface area contributed by atoms with Crippen LogP contribution in [0.1, 0.15) is 48.5 Å². The summed E-state index contributed by atoms with van der Waals surface area (Å²) in [6.45, 7) is 13.0. The number of aromatic nitrogens is 1. The van der Waals surface area contributed by atoms with E-state index in [1.807, 2.05) is 27.7 Å². The van der Waals surface area contributed by atoms with Crippen LogP contribution in [0.2, 0.25) is 0 Å². The van der Waals surface area contributed by atoms with Gasteiger partial charge in [0.25, 0.3) is 0 Å². The summed E-state index contributed by atoms with van der Waals surface area (Å²) in [6.07, 6.45) is 2.79. The van der Waals surface area contributed by atoms with E-state index in [1.165, 1.54) is 23.7 Å². The smallest absolute Gasteiger partial charge is 0.242 e. The molecule has 0 saturated carbocycles. The number of nitrogens with zero attached hydrogens (tertiary/aromatic N) is 2. The Bertz CT molecular complexity index is 677. The van der Waals surface area contributed by atoms with Crippen molar-refractivity contribution in [2.75, 3.05) is 5.23 Å². The summed E-state index contributed by atoms with van der Waals surface area (Å²) in [5.41, 5.74) is -1.29. The van der Waals surface area contributed by atoms with Crippen molar-refractivity contribution in [3.8, 4) is 0 Å². The van der Waals surface area contributed by atoms with Gasteiger partial charge in [-0.3, -0.25) is 4.98 Å². The zero-order chi connectivity index (χ0) is 17.7. The highest BCUT2D eigenvalue weighted by Gasteiger charge is 2.50. The van der Waals surface area contributed by atoms with Crippen molar-refractivity contribution in [1.82, 2.24) is 9.71 Å². The lowest BCUT2D eigenvalue weighted by atomic mass is 9.90. The highest BCUT2D eigenvalue weighted by atomic mass is 32.2. The number of pyridine rings is 1.